The Balaban J connectivity index is -0.00000131. The van der Waals surface area contributed by atoms with Crippen LogP contribution >= 0.6 is 0 Å². The highest BCUT2D eigenvalue weighted by Crippen LogP contribution is 2.19. The van der Waals surface area contributed by atoms with Crippen molar-refractivity contribution in [2.45, 2.75) is 142 Å². The van der Waals surface area contributed by atoms with Gasteiger partial charge in [-0.2, -0.15) is 0 Å². The lowest BCUT2D eigenvalue weighted by molar-refractivity contribution is -0.421. The number of quaternary nitrogens is 2. The second-order valence-electron chi connectivity index (χ2n) is 8.67. The van der Waals surface area contributed by atoms with E-state index in [1.54, 1.807) is 0 Å². The molecule has 5 nitrogen and oxygen atoms in total. The summed E-state index contributed by atoms with van der Waals surface area (Å²) >= 11 is 0. The van der Waals surface area contributed by atoms with Gasteiger partial charge in [-0.05, 0) is 19.3 Å². The van der Waals surface area contributed by atoms with Gasteiger partial charge in [-0.3, -0.25) is 14.4 Å². The van der Waals surface area contributed by atoms with Crippen LogP contribution in [-0.4, -0.2) is 22.9 Å². The normalized spacial score (nSPS) is 10.5. The van der Waals surface area contributed by atoms with Gasteiger partial charge in [0.15, 0.2) is 0 Å². The first-order valence-electron chi connectivity index (χ1n) is 12.4. The van der Waals surface area contributed by atoms with Crippen molar-refractivity contribution in [1.82, 2.24) is 6.15 Å². The molecule has 0 amide bonds. The average molecular weight is 500 g/mol. The van der Waals surface area contributed by atoms with Crippen LogP contribution in [0.4, 0.5) is 0 Å². The van der Waals surface area contributed by atoms with Gasteiger partial charge >= 0.3 is 0 Å². The van der Waals surface area contributed by atoms with Crippen molar-refractivity contribution < 1.29 is 44.9 Å². The number of carbonyl (C=O) groups excluding carboxylic acids is 3. The Bertz CT molecular complexity index is 410. The Labute approximate surface area is 210 Å². The van der Waals surface area contributed by atoms with E-state index in [0.29, 0.717) is 19.3 Å². The second-order valence-corrected chi connectivity index (χ2v) is 8.67. The molecule has 0 atom stereocenters. The van der Waals surface area contributed by atoms with Crippen LogP contribution in [0.1, 0.15) is 136 Å². The van der Waals surface area contributed by atoms with Crippen molar-refractivity contribution in [3.63, 3.8) is 0 Å². The molecule has 0 rings (SSSR count). The maximum Gasteiger partial charge on any atom is 0.270 e. The first kappa shape index (κ1) is 38.8. The van der Waals surface area contributed by atoms with Crippen LogP contribution in [0.3, 0.4) is 0 Å². The highest BCUT2D eigenvalue weighted by molar-refractivity contribution is 6.27. The Morgan fingerprint density at radius 2 is 0.719 bits per heavy atom. The van der Waals surface area contributed by atoms with Crippen LogP contribution in [0.5, 0.6) is 0 Å². The summed E-state index contributed by atoms with van der Waals surface area (Å²) in [6.07, 6.45) is 16.4. The molecule has 32 heavy (non-hydrogen) atoms. The van der Waals surface area contributed by atoms with E-state index in [4.69, 9.17) is 0 Å². The number of hydrogen-bond donors (Lipinski definition) is 2. The molecule has 0 bridgehead atoms. The molecular formula is C25H52Cl2N2O3. The van der Waals surface area contributed by atoms with E-state index < -0.39 is 5.54 Å². The van der Waals surface area contributed by atoms with E-state index in [9.17, 15) is 14.4 Å². The summed E-state index contributed by atoms with van der Waals surface area (Å²) in [5, 5.41) is 0. The van der Waals surface area contributed by atoms with Crippen molar-refractivity contribution >= 4 is 17.3 Å². The number of Topliss-reactive ketones (excluding diaryl/α,β-unsaturated/α-hetero) is 3. The minimum absolute atomic E-state index is 0. The first-order chi connectivity index (χ1) is 13.9. The van der Waals surface area contributed by atoms with Crippen LogP contribution in [0, 0.1) is 0 Å². The molecule has 0 spiro atoms. The molecule has 0 aliphatic rings. The van der Waals surface area contributed by atoms with E-state index in [2.05, 4.69) is 26.5 Å². The molecule has 0 radical (unpaired) electrons. The molecule has 0 fully saturated rings. The number of rotatable bonds is 21. The lowest BCUT2D eigenvalue weighted by Crippen LogP contribution is -3.00. The van der Waals surface area contributed by atoms with Gasteiger partial charge in [-0.25, -0.2) is 0 Å². The van der Waals surface area contributed by atoms with E-state index in [0.717, 1.165) is 96.3 Å². The van der Waals surface area contributed by atoms with Crippen LogP contribution in [-0.2, 0) is 14.4 Å². The van der Waals surface area contributed by atoms with Crippen molar-refractivity contribution in [3.05, 3.63) is 0 Å². The highest BCUT2D eigenvalue weighted by Gasteiger charge is 2.50. The van der Waals surface area contributed by atoms with Crippen molar-refractivity contribution in [2.24, 2.45) is 0 Å². The molecular weight excluding hydrogens is 447 g/mol. The Kier molecular flexibility index (Phi) is 30.4. The zero-order valence-corrected chi connectivity index (χ0v) is 22.9. The minimum atomic E-state index is -1.65. The number of hydrogen-bond acceptors (Lipinski definition) is 3. The SMILES string of the molecule is CCCCCCCC(=O)C([NH3+])(C(=O)CCCCCCC)C(=O)CCCCCCC.[Cl-].[Cl-].[NH4+]. The summed E-state index contributed by atoms with van der Waals surface area (Å²) in [7, 11) is 0. The molecule has 7 N–H and O–H groups in total. The minimum Gasteiger partial charge on any atom is -1.00 e. The summed E-state index contributed by atoms with van der Waals surface area (Å²) in [6, 6.07) is 0. The molecule has 194 valence electrons. The summed E-state index contributed by atoms with van der Waals surface area (Å²) in [6.45, 7) is 6.47. The first-order valence-corrected chi connectivity index (χ1v) is 12.4. The molecule has 0 heterocycles. The van der Waals surface area contributed by atoms with Crippen LogP contribution in [0.2, 0.25) is 0 Å². The number of unbranched alkanes of at least 4 members (excludes halogenated alkanes) is 12. The van der Waals surface area contributed by atoms with Crippen molar-refractivity contribution in [1.29, 1.82) is 0 Å². The Morgan fingerprint density at radius 1 is 0.500 bits per heavy atom. The average Bonchev–Trinajstić information content (AvgIpc) is 2.72. The van der Waals surface area contributed by atoms with Crippen LogP contribution in [0.25, 0.3) is 0 Å². The summed E-state index contributed by atoms with van der Waals surface area (Å²) < 4.78 is 0. The molecule has 0 aromatic carbocycles. The summed E-state index contributed by atoms with van der Waals surface area (Å²) in [4.78, 5) is 38.8. The third-order valence-corrected chi connectivity index (χ3v) is 5.95. The monoisotopic (exact) mass is 498 g/mol. The molecule has 7 heteroatoms. The van der Waals surface area contributed by atoms with Gasteiger partial charge < -0.3 is 36.7 Å². The third kappa shape index (κ3) is 16.2. The van der Waals surface area contributed by atoms with Gasteiger partial charge in [0, 0.05) is 19.3 Å². The maximum atomic E-state index is 12.9. The van der Waals surface area contributed by atoms with E-state index >= 15 is 0 Å². The number of halogens is 2. The van der Waals surface area contributed by atoms with Crippen molar-refractivity contribution in [2.75, 3.05) is 0 Å². The maximum absolute atomic E-state index is 12.9. The molecule has 0 aliphatic heterocycles. The van der Waals surface area contributed by atoms with E-state index in [-0.39, 0.29) is 48.3 Å². The van der Waals surface area contributed by atoms with E-state index in [1.165, 1.54) is 0 Å². The Hall–Kier alpha value is -0.490. The molecule has 0 saturated heterocycles. The van der Waals surface area contributed by atoms with Gasteiger partial charge in [0.1, 0.15) is 0 Å². The fraction of sp³-hybridized carbons (Fsp3) is 0.880. The van der Waals surface area contributed by atoms with Crippen LogP contribution < -0.4 is 36.7 Å². The molecule has 0 aromatic rings. The molecule has 0 saturated carbocycles. The lowest BCUT2D eigenvalue weighted by Gasteiger charge is -2.22. The topological polar surface area (TPSA) is 115 Å². The predicted molar refractivity (Wildman–Crippen MR) is 127 cm³/mol. The molecule has 0 aromatic heterocycles. The second kappa shape index (κ2) is 25.1. The van der Waals surface area contributed by atoms with Gasteiger partial charge in [-0.15, -0.1) is 0 Å². The van der Waals surface area contributed by atoms with E-state index in [1.807, 2.05) is 0 Å². The Morgan fingerprint density at radius 3 is 0.938 bits per heavy atom. The standard InChI is InChI=1S/C25H47NO3.2ClH.H3N/c1-4-7-10-13-16-19-22(27)25(26,23(28)20-17-14-11-8-5-2)24(29)21-18-15-12-9-6-3;;;/h4-21,26H2,1-3H3;2*1H;1H3. The zero-order valence-electron chi connectivity index (χ0n) is 21.4. The van der Waals surface area contributed by atoms with Crippen LogP contribution in [0.15, 0.2) is 0 Å². The highest BCUT2D eigenvalue weighted by atomic mass is 35.5. The van der Waals surface area contributed by atoms with Gasteiger partial charge in [0.25, 0.3) is 5.54 Å². The quantitative estimate of drug-likeness (QED) is 0.173. The zero-order chi connectivity index (χ0) is 22.0. The van der Waals surface area contributed by atoms with Gasteiger partial charge in [-0.1, -0.05) is 97.8 Å². The fourth-order valence-electron chi connectivity index (χ4n) is 3.77. The lowest BCUT2D eigenvalue weighted by atomic mass is 9.79. The summed E-state index contributed by atoms with van der Waals surface area (Å²) in [5.41, 5.74) is 2.31. The third-order valence-electron chi connectivity index (χ3n) is 5.95. The summed E-state index contributed by atoms with van der Waals surface area (Å²) in [5.74, 6) is -0.733. The largest absolute Gasteiger partial charge is 1.00 e. The number of ketones is 3. The fourth-order valence-corrected chi connectivity index (χ4v) is 3.77. The molecule has 0 unspecified atom stereocenters. The predicted octanol–water partition coefficient (Wildman–Crippen LogP) is 0.140. The number of carbonyl (C=O) groups is 3. The van der Waals surface area contributed by atoms with Crippen molar-refractivity contribution in [3.8, 4) is 0 Å². The molecule has 0 aliphatic carbocycles. The van der Waals surface area contributed by atoms with Gasteiger partial charge in [0.2, 0.25) is 17.3 Å². The van der Waals surface area contributed by atoms with Gasteiger partial charge in [0.05, 0.1) is 0 Å². The smallest absolute Gasteiger partial charge is 0.270 e.